The second-order valence-electron chi connectivity index (χ2n) is 9.25. The quantitative estimate of drug-likeness (QED) is 0.605. The summed E-state index contributed by atoms with van der Waals surface area (Å²) in [5.41, 5.74) is 7.46. The topological polar surface area (TPSA) is 122 Å². The molecule has 3 N–H and O–H groups in total. The van der Waals surface area contributed by atoms with Crippen LogP contribution >= 0.6 is 11.6 Å². The molecule has 0 saturated carbocycles. The predicted molar refractivity (Wildman–Crippen MR) is 129 cm³/mol. The van der Waals surface area contributed by atoms with Gasteiger partial charge >= 0.3 is 6.03 Å². The number of carbonyl (C=O) groups excluding carboxylic acids is 3. The molecule has 0 spiro atoms. The van der Waals surface area contributed by atoms with Gasteiger partial charge in [-0.15, -0.1) is 0 Å². The highest BCUT2D eigenvalue weighted by Crippen LogP contribution is 2.36. The number of hydrogen-bond acceptors (Lipinski definition) is 6. The van der Waals surface area contributed by atoms with E-state index in [0.29, 0.717) is 18.0 Å². The highest BCUT2D eigenvalue weighted by Gasteiger charge is 2.43. The van der Waals surface area contributed by atoms with Gasteiger partial charge in [-0.3, -0.25) is 14.5 Å². The summed E-state index contributed by atoms with van der Waals surface area (Å²) >= 11 is 6.05. The van der Waals surface area contributed by atoms with Crippen molar-refractivity contribution in [2.75, 3.05) is 18.8 Å². The lowest BCUT2D eigenvalue weighted by molar-refractivity contribution is -0.136. The van der Waals surface area contributed by atoms with Crippen LogP contribution in [0.15, 0.2) is 30.5 Å². The van der Waals surface area contributed by atoms with Gasteiger partial charge in [-0.2, -0.15) is 0 Å². The Morgan fingerprint density at radius 3 is 2.65 bits per heavy atom. The molecule has 10 heteroatoms. The van der Waals surface area contributed by atoms with E-state index in [1.165, 1.54) is 4.90 Å². The van der Waals surface area contributed by atoms with Crippen molar-refractivity contribution in [3.05, 3.63) is 41.2 Å². The van der Waals surface area contributed by atoms with Crippen LogP contribution in [0, 0.1) is 0 Å². The molecule has 2 aromatic rings. The minimum atomic E-state index is -0.913. The number of imide groups is 1. The van der Waals surface area contributed by atoms with Crippen LogP contribution in [0.25, 0.3) is 11.1 Å². The summed E-state index contributed by atoms with van der Waals surface area (Å²) in [4.78, 5) is 49.5. The molecule has 1 atom stereocenters. The molecular formula is C24H29ClN6O3. The molecule has 180 valence electrons. The maximum atomic E-state index is 13.3. The Bertz CT molecular complexity index is 1100. The zero-order valence-corrected chi connectivity index (χ0v) is 20.1. The number of nitrogens with zero attached hydrogens (tertiary/aromatic N) is 4. The Kier molecular flexibility index (Phi) is 6.74. The van der Waals surface area contributed by atoms with E-state index in [2.05, 4.69) is 15.3 Å². The zero-order chi connectivity index (χ0) is 24.5. The number of halogens is 1. The maximum Gasteiger partial charge on any atom is 0.325 e. The number of rotatable bonds is 6. The van der Waals surface area contributed by atoms with E-state index in [0.717, 1.165) is 36.1 Å². The van der Waals surface area contributed by atoms with Gasteiger partial charge in [-0.05, 0) is 57.2 Å². The number of amides is 4. The van der Waals surface area contributed by atoms with Crippen molar-refractivity contribution in [3.63, 3.8) is 0 Å². The van der Waals surface area contributed by atoms with E-state index >= 15 is 0 Å². The van der Waals surface area contributed by atoms with Gasteiger partial charge in [-0.1, -0.05) is 23.7 Å². The minimum absolute atomic E-state index is 0.0322. The van der Waals surface area contributed by atoms with Crippen LogP contribution in [0.4, 0.5) is 10.7 Å². The van der Waals surface area contributed by atoms with Crippen LogP contribution in [-0.4, -0.2) is 56.2 Å². The number of urea groups is 1. The first kappa shape index (κ1) is 23.9. The Balaban J connectivity index is 1.50. The summed E-state index contributed by atoms with van der Waals surface area (Å²) in [7, 11) is 0. The summed E-state index contributed by atoms with van der Waals surface area (Å²) < 4.78 is 0. The van der Waals surface area contributed by atoms with E-state index in [4.69, 9.17) is 17.3 Å². The molecule has 0 bridgehead atoms. The molecule has 9 nitrogen and oxygen atoms in total. The number of benzene rings is 1. The first-order valence-corrected chi connectivity index (χ1v) is 11.9. The van der Waals surface area contributed by atoms with Crippen LogP contribution in [0.2, 0.25) is 5.02 Å². The average molecular weight is 485 g/mol. The Morgan fingerprint density at radius 1 is 1.24 bits per heavy atom. The van der Waals surface area contributed by atoms with Crippen LogP contribution in [0.1, 0.15) is 57.7 Å². The molecule has 0 radical (unpaired) electrons. The van der Waals surface area contributed by atoms with Crippen LogP contribution in [0.3, 0.4) is 0 Å². The standard InChI is InChI=1S/C24H29ClN6O3/c1-24(2)21(33)31(23(34)29-24)13-5-7-19(32)30-12-4-3-6-18(30)20-17(14-27-22(26)28-20)15-8-10-16(25)11-9-15/h8-11,14,18H,3-7,12-13H2,1-2H3,(H,29,34)(H2,26,27,28)/t18-/m1/s1. The second-order valence-corrected chi connectivity index (χ2v) is 9.68. The summed E-state index contributed by atoms with van der Waals surface area (Å²) in [6.07, 6.45) is 4.95. The number of likely N-dealkylation sites (tertiary alicyclic amines) is 1. The Morgan fingerprint density at radius 2 is 1.97 bits per heavy atom. The van der Waals surface area contributed by atoms with Gasteiger partial charge in [-0.25, -0.2) is 14.8 Å². The van der Waals surface area contributed by atoms with E-state index in [-0.39, 0.29) is 36.8 Å². The van der Waals surface area contributed by atoms with E-state index in [9.17, 15) is 14.4 Å². The molecule has 34 heavy (non-hydrogen) atoms. The lowest BCUT2D eigenvalue weighted by Crippen LogP contribution is -2.41. The summed E-state index contributed by atoms with van der Waals surface area (Å²) in [5, 5.41) is 3.29. The fourth-order valence-electron chi connectivity index (χ4n) is 4.58. The van der Waals surface area contributed by atoms with Crippen molar-refractivity contribution in [2.45, 2.75) is 57.5 Å². The molecule has 0 aliphatic carbocycles. The van der Waals surface area contributed by atoms with Crippen LogP contribution in [-0.2, 0) is 9.59 Å². The number of carbonyl (C=O) groups is 3. The van der Waals surface area contributed by atoms with Gasteiger partial charge in [0, 0.05) is 36.3 Å². The molecule has 2 fully saturated rings. The number of nitrogens with one attached hydrogen (secondary N) is 1. The Hall–Kier alpha value is -3.20. The van der Waals surface area contributed by atoms with Crippen LogP contribution in [0.5, 0.6) is 0 Å². The summed E-state index contributed by atoms with van der Waals surface area (Å²) in [6.45, 7) is 4.16. The number of aromatic nitrogens is 2. The lowest BCUT2D eigenvalue weighted by atomic mass is 9.93. The monoisotopic (exact) mass is 484 g/mol. The van der Waals surface area contributed by atoms with Crippen LogP contribution < -0.4 is 11.1 Å². The molecule has 2 aliphatic heterocycles. The highest BCUT2D eigenvalue weighted by molar-refractivity contribution is 6.30. The predicted octanol–water partition coefficient (Wildman–Crippen LogP) is 3.54. The number of piperidine rings is 1. The van der Waals surface area contributed by atoms with Crippen molar-refractivity contribution in [2.24, 2.45) is 0 Å². The fraction of sp³-hybridized carbons (Fsp3) is 0.458. The third-order valence-corrected chi connectivity index (χ3v) is 6.60. The average Bonchev–Trinajstić information content (AvgIpc) is 3.01. The maximum absolute atomic E-state index is 13.3. The van der Waals surface area contributed by atoms with Crippen molar-refractivity contribution >= 4 is 35.4 Å². The molecule has 2 aliphatic rings. The second kappa shape index (κ2) is 9.58. The molecule has 4 rings (SSSR count). The van der Waals surface area contributed by atoms with Crippen molar-refractivity contribution < 1.29 is 14.4 Å². The molecule has 1 aromatic carbocycles. The first-order valence-electron chi connectivity index (χ1n) is 11.5. The van der Waals surface area contributed by atoms with Crippen molar-refractivity contribution in [1.82, 2.24) is 25.1 Å². The molecule has 3 heterocycles. The normalized spacial score (nSPS) is 19.9. The van der Waals surface area contributed by atoms with E-state index in [1.807, 2.05) is 17.0 Å². The third kappa shape index (κ3) is 4.84. The number of nitrogens with two attached hydrogens (primary N) is 1. The Labute approximate surface area is 203 Å². The van der Waals surface area contributed by atoms with E-state index in [1.54, 1.807) is 32.2 Å². The molecule has 2 saturated heterocycles. The molecule has 4 amide bonds. The van der Waals surface area contributed by atoms with Gasteiger partial charge in [0.25, 0.3) is 5.91 Å². The minimum Gasteiger partial charge on any atom is -0.368 e. The number of hydrogen-bond donors (Lipinski definition) is 2. The van der Waals surface area contributed by atoms with E-state index < -0.39 is 11.6 Å². The van der Waals surface area contributed by atoms with Crippen molar-refractivity contribution in [1.29, 1.82) is 0 Å². The largest absolute Gasteiger partial charge is 0.368 e. The van der Waals surface area contributed by atoms with Gasteiger partial charge in [0.05, 0.1) is 11.7 Å². The third-order valence-electron chi connectivity index (χ3n) is 6.35. The first-order chi connectivity index (χ1) is 16.2. The smallest absolute Gasteiger partial charge is 0.325 e. The SMILES string of the molecule is CC1(C)NC(=O)N(CCCC(=O)N2CCCC[C@@H]2c2nc(N)ncc2-c2ccc(Cl)cc2)C1=O. The molecule has 0 unspecified atom stereocenters. The number of anilines is 1. The van der Waals surface area contributed by atoms with Gasteiger partial charge in [0.15, 0.2) is 0 Å². The van der Waals surface area contributed by atoms with Gasteiger partial charge < -0.3 is 16.0 Å². The van der Waals surface area contributed by atoms with Crippen molar-refractivity contribution in [3.8, 4) is 11.1 Å². The summed E-state index contributed by atoms with van der Waals surface area (Å²) in [6, 6.07) is 6.76. The summed E-state index contributed by atoms with van der Waals surface area (Å²) in [5.74, 6) is -0.146. The molecular weight excluding hydrogens is 456 g/mol. The highest BCUT2D eigenvalue weighted by atomic mass is 35.5. The van der Waals surface area contributed by atoms with Gasteiger partial charge in [0.2, 0.25) is 11.9 Å². The zero-order valence-electron chi connectivity index (χ0n) is 19.4. The molecule has 1 aromatic heterocycles. The number of nitrogen functional groups attached to an aromatic ring is 1. The fourth-order valence-corrected chi connectivity index (χ4v) is 4.71. The lowest BCUT2D eigenvalue weighted by Gasteiger charge is -2.36. The van der Waals surface area contributed by atoms with Gasteiger partial charge in [0.1, 0.15) is 5.54 Å².